The summed E-state index contributed by atoms with van der Waals surface area (Å²) in [5, 5.41) is 0. The van der Waals surface area contributed by atoms with Crippen molar-refractivity contribution in [1.29, 1.82) is 0 Å². The lowest BCUT2D eigenvalue weighted by molar-refractivity contribution is -0.138. The number of fused-ring (bicyclic) bond motifs is 1. The first-order valence-electron chi connectivity index (χ1n) is 8.67. The molecule has 1 saturated heterocycles. The number of morpholine rings is 1. The molecule has 0 unspecified atom stereocenters. The van der Waals surface area contributed by atoms with Gasteiger partial charge in [-0.15, -0.1) is 0 Å². The molecule has 1 aromatic carbocycles. The van der Waals surface area contributed by atoms with Gasteiger partial charge in [0.25, 0.3) is 0 Å². The lowest BCUT2D eigenvalue weighted by Crippen LogP contribution is -2.53. The van der Waals surface area contributed by atoms with Crippen LogP contribution in [-0.4, -0.2) is 64.8 Å². The summed E-state index contributed by atoms with van der Waals surface area (Å²) in [6.07, 6.45) is 0. The molecule has 0 saturated carbocycles. The number of benzene rings is 1. The predicted octanol–water partition coefficient (Wildman–Crippen LogP) is 0.620. The van der Waals surface area contributed by atoms with Gasteiger partial charge in [0, 0.05) is 19.2 Å². The number of carbonyl (C=O) groups excluding carboxylic acids is 1. The van der Waals surface area contributed by atoms with Gasteiger partial charge in [-0.1, -0.05) is 13.8 Å². The van der Waals surface area contributed by atoms with E-state index < -0.39 is 16.1 Å². The van der Waals surface area contributed by atoms with Crippen molar-refractivity contribution in [2.75, 3.05) is 39.5 Å². The average Bonchev–Trinajstić information content (AvgIpc) is 2.65. The maximum atomic E-state index is 12.8. The zero-order valence-electron chi connectivity index (χ0n) is 14.9. The molecule has 2 aliphatic heterocycles. The second kappa shape index (κ2) is 7.81. The second-order valence-electron chi connectivity index (χ2n) is 6.59. The van der Waals surface area contributed by atoms with Crippen LogP contribution in [0.4, 0.5) is 0 Å². The Balaban J connectivity index is 1.80. The summed E-state index contributed by atoms with van der Waals surface area (Å²) in [6, 6.07) is 3.60. The third-order valence-corrected chi connectivity index (χ3v) is 5.80. The highest BCUT2D eigenvalue weighted by atomic mass is 32.2. The molecule has 0 aromatic heterocycles. The third kappa shape index (κ3) is 4.11. The summed E-state index contributed by atoms with van der Waals surface area (Å²) in [6.45, 7) is 6.29. The van der Waals surface area contributed by atoms with Crippen molar-refractivity contribution in [2.45, 2.75) is 24.8 Å². The van der Waals surface area contributed by atoms with Crippen LogP contribution in [0.3, 0.4) is 0 Å². The van der Waals surface area contributed by atoms with Gasteiger partial charge in [-0.05, 0) is 18.1 Å². The van der Waals surface area contributed by atoms with Crippen molar-refractivity contribution in [1.82, 2.24) is 9.62 Å². The number of nitrogens with zero attached hydrogens (tertiary/aromatic N) is 1. The van der Waals surface area contributed by atoms with E-state index in [1.165, 1.54) is 12.1 Å². The van der Waals surface area contributed by atoms with Gasteiger partial charge in [-0.2, -0.15) is 4.72 Å². The van der Waals surface area contributed by atoms with Crippen LogP contribution in [0.15, 0.2) is 23.1 Å². The third-order valence-electron chi connectivity index (χ3n) is 4.36. The van der Waals surface area contributed by atoms with Crippen molar-refractivity contribution < 1.29 is 27.4 Å². The molecule has 1 aromatic rings. The molecule has 0 radical (unpaired) electrons. The molecule has 0 spiro atoms. The minimum Gasteiger partial charge on any atom is -0.486 e. The van der Waals surface area contributed by atoms with Crippen LogP contribution in [0.25, 0.3) is 0 Å². The van der Waals surface area contributed by atoms with Gasteiger partial charge in [-0.25, -0.2) is 8.42 Å². The highest BCUT2D eigenvalue weighted by Crippen LogP contribution is 2.32. The van der Waals surface area contributed by atoms with Gasteiger partial charge in [-0.3, -0.25) is 4.79 Å². The molecular weight excluding hydrogens is 360 g/mol. The van der Waals surface area contributed by atoms with Crippen molar-refractivity contribution in [3.8, 4) is 11.5 Å². The summed E-state index contributed by atoms with van der Waals surface area (Å²) >= 11 is 0. The zero-order chi connectivity index (χ0) is 18.7. The van der Waals surface area contributed by atoms with Crippen LogP contribution >= 0.6 is 0 Å². The van der Waals surface area contributed by atoms with Crippen LogP contribution in [0.5, 0.6) is 11.5 Å². The smallest absolute Gasteiger partial charge is 0.241 e. The Kier molecular flexibility index (Phi) is 5.69. The minimum atomic E-state index is -3.89. The Morgan fingerprint density at radius 1 is 1.08 bits per heavy atom. The van der Waals surface area contributed by atoms with Gasteiger partial charge in [0.1, 0.15) is 19.3 Å². The summed E-state index contributed by atoms with van der Waals surface area (Å²) < 4.78 is 44.3. The van der Waals surface area contributed by atoms with Crippen molar-refractivity contribution in [3.63, 3.8) is 0 Å². The lowest BCUT2D eigenvalue weighted by atomic mass is 10.0. The first-order chi connectivity index (χ1) is 12.4. The van der Waals surface area contributed by atoms with E-state index in [4.69, 9.17) is 14.2 Å². The Morgan fingerprint density at radius 2 is 1.73 bits per heavy atom. The number of ether oxygens (including phenoxy) is 3. The predicted molar refractivity (Wildman–Crippen MR) is 93.8 cm³/mol. The van der Waals surface area contributed by atoms with E-state index in [-0.39, 0.29) is 16.7 Å². The second-order valence-corrected chi connectivity index (χ2v) is 8.30. The molecule has 2 heterocycles. The molecule has 1 N–H and O–H groups in total. The molecule has 0 bridgehead atoms. The molecule has 144 valence electrons. The molecule has 1 amide bonds. The van der Waals surface area contributed by atoms with E-state index in [2.05, 4.69) is 4.72 Å². The fraction of sp³-hybridized carbons (Fsp3) is 0.588. The summed E-state index contributed by atoms with van der Waals surface area (Å²) in [5.41, 5.74) is 0. The van der Waals surface area contributed by atoms with E-state index in [0.717, 1.165) is 0 Å². The number of carbonyl (C=O) groups is 1. The van der Waals surface area contributed by atoms with Gasteiger partial charge in [0.15, 0.2) is 11.5 Å². The quantitative estimate of drug-likeness (QED) is 0.800. The Hall–Kier alpha value is -1.84. The van der Waals surface area contributed by atoms with Gasteiger partial charge in [0.05, 0.1) is 18.1 Å². The molecule has 1 fully saturated rings. The van der Waals surface area contributed by atoms with Crippen molar-refractivity contribution in [3.05, 3.63) is 18.2 Å². The normalized spacial score (nSPS) is 18.7. The topological polar surface area (TPSA) is 94.2 Å². The summed E-state index contributed by atoms with van der Waals surface area (Å²) in [7, 11) is -3.89. The Labute approximate surface area is 153 Å². The van der Waals surface area contributed by atoms with Crippen molar-refractivity contribution in [2.24, 2.45) is 5.92 Å². The van der Waals surface area contributed by atoms with Crippen LogP contribution in [0.2, 0.25) is 0 Å². The number of hydrogen-bond donors (Lipinski definition) is 1. The van der Waals surface area contributed by atoms with Gasteiger partial charge >= 0.3 is 0 Å². The van der Waals surface area contributed by atoms with E-state index in [1.54, 1.807) is 11.0 Å². The standard InChI is InChI=1S/C17H24N2O6S/c1-12(2)16(17(20)19-5-7-23-8-6-19)18-26(21,22)13-3-4-14-15(11-13)25-10-9-24-14/h3-4,11-12,16,18H,5-10H2,1-2H3/t16-/m0/s1. The number of sulfonamides is 1. The van der Waals surface area contributed by atoms with E-state index in [1.807, 2.05) is 13.8 Å². The molecule has 9 heteroatoms. The van der Waals surface area contributed by atoms with Gasteiger partial charge in [0.2, 0.25) is 15.9 Å². The molecule has 2 aliphatic rings. The van der Waals surface area contributed by atoms with Crippen LogP contribution in [-0.2, 0) is 19.6 Å². The van der Waals surface area contributed by atoms with Crippen LogP contribution in [0.1, 0.15) is 13.8 Å². The molecule has 26 heavy (non-hydrogen) atoms. The monoisotopic (exact) mass is 384 g/mol. The fourth-order valence-corrected chi connectivity index (χ4v) is 4.23. The van der Waals surface area contributed by atoms with E-state index >= 15 is 0 Å². The first-order valence-corrected chi connectivity index (χ1v) is 10.2. The van der Waals surface area contributed by atoms with Gasteiger partial charge < -0.3 is 19.1 Å². The molecular formula is C17H24N2O6S. The largest absolute Gasteiger partial charge is 0.486 e. The molecule has 0 aliphatic carbocycles. The van der Waals surface area contributed by atoms with E-state index in [9.17, 15) is 13.2 Å². The highest BCUT2D eigenvalue weighted by molar-refractivity contribution is 7.89. The number of hydrogen-bond acceptors (Lipinski definition) is 6. The Bertz CT molecular complexity index is 759. The van der Waals surface area contributed by atoms with Crippen LogP contribution < -0.4 is 14.2 Å². The number of rotatable bonds is 5. The molecule has 8 nitrogen and oxygen atoms in total. The van der Waals surface area contributed by atoms with Crippen LogP contribution in [0, 0.1) is 5.92 Å². The lowest BCUT2D eigenvalue weighted by Gasteiger charge is -2.32. The fourth-order valence-electron chi connectivity index (χ4n) is 2.88. The number of nitrogens with one attached hydrogen (secondary N) is 1. The van der Waals surface area contributed by atoms with Crippen molar-refractivity contribution >= 4 is 15.9 Å². The maximum Gasteiger partial charge on any atom is 0.241 e. The SMILES string of the molecule is CC(C)[C@H](NS(=O)(=O)c1ccc2c(c1)OCCO2)C(=O)N1CCOCC1. The summed E-state index contributed by atoms with van der Waals surface area (Å²) in [5.74, 6) is 0.474. The first kappa shape index (κ1) is 18.9. The zero-order valence-corrected chi connectivity index (χ0v) is 15.8. The minimum absolute atomic E-state index is 0.0437. The highest BCUT2D eigenvalue weighted by Gasteiger charge is 2.32. The summed E-state index contributed by atoms with van der Waals surface area (Å²) in [4.78, 5) is 14.5. The van der Waals surface area contributed by atoms with E-state index in [0.29, 0.717) is 51.0 Å². The number of amides is 1. The molecule has 3 rings (SSSR count). The average molecular weight is 384 g/mol. The Morgan fingerprint density at radius 3 is 2.38 bits per heavy atom. The maximum absolute atomic E-state index is 12.8. The molecule has 1 atom stereocenters.